The van der Waals surface area contributed by atoms with Crippen molar-refractivity contribution in [3.8, 4) is 0 Å². The van der Waals surface area contributed by atoms with Crippen molar-refractivity contribution < 1.29 is 9.72 Å². The molecule has 1 saturated carbocycles. The predicted octanol–water partition coefficient (Wildman–Crippen LogP) is 3.34. The van der Waals surface area contributed by atoms with Gasteiger partial charge in [0.25, 0.3) is 11.6 Å². The van der Waals surface area contributed by atoms with E-state index in [-0.39, 0.29) is 22.7 Å². The standard InChI is InChI=1S/C14H17BrN2O3/c1-10-4-5-12(17(19)20)11(8-10)13(18)16-14(9-15)6-2-3-7-14/h4-5,8H,2-3,6-7,9H2,1H3,(H,16,18). The van der Waals surface area contributed by atoms with Gasteiger partial charge in [0.05, 0.1) is 10.5 Å². The molecule has 1 amide bonds. The molecule has 0 spiro atoms. The Bertz CT molecular complexity index is 539. The smallest absolute Gasteiger partial charge is 0.282 e. The molecule has 1 aliphatic carbocycles. The number of rotatable bonds is 4. The zero-order valence-electron chi connectivity index (χ0n) is 11.3. The number of nitrogens with zero attached hydrogens (tertiary/aromatic N) is 1. The minimum atomic E-state index is -0.510. The lowest BCUT2D eigenvalue weighted by Crippen LogP contribution is -2.47. The molecule has 108 valence electrons. The molecule has 0 heterocycles. The molecule has 0 aliphatic heterocycles. The van der Waals surface area contributed by atoms with Crippen LogP contribution in [0.3, 0.4) is 0 Å². The number of carbonyl (C=O) groups excluding carboxylic acids is 1. The van der Waals surface area contributed by atoms with Crippen LogP contribution in [0.1, 0.15) is 41.6 Å². The van der Waals surface area contributed by atoms with Crippen LogP contribution in [0.25, 0.3) is 0 Å². The highest BCUT2D eigenvalue weighted by molar-refractivity contribution is 9.09. The van der Waals surface area contributed by atoms with Crippen molar-refractivity contribution >= 4 is 27.5 Å². The summed E-state index contributed by atoms with van der Waals surface area (Å²) in [5, 5.41) is 14.7. The fourth-order valence-electron chi connectivity index (χ4n) is 2.64. The monoisotopic (exact) mass is 340 g/mol. The first kappa shape index (κ1) is 15.0. The Balaban J connectivity index is 2.29. The van der Waals surface area contributed by atoms with E-state index in [9.17, 15) is 14.9 Å². The lowest BCUT2D eigenvalue weighted by molar-refractivity contribution is -0.385. The van der Waals surface area contributed by atoms with Crippen molar-refractivity contribution in [2.75, 3.05) is 5.33 Å². The van der Waals surface area contributed by atoms with E-state index < -0.39 is 4.92 Å². The third-order valence-electron chi connectivity index (χ3n) is 3.79. The summed E-state index contributed by atoms with van der Waals surface area (Å²) in [5.41, 5.74) is 0.562. The maximum atomic E-state index is 12.4. The van der Waals surface area contributed by atoms with E-state index in [1.165, 1.54) is 6.07 Å². The van der Waals surface area contributed by atoms with Gasteiger partial charge < -0.3 is 5.32 Å². The fourth-order valence-corrected chi connectivity index (χ4v) is 3.34. The summed E-state index contributed by atoms with van der Waals surface area (Å²) < 4.78 is 0. The lowest BCUT2D eigenvalue weighted by atomic mass is 9.99. The van der Waals surface area contributed by atoms with Crippen LogP contribution in [0, 0.1) is 17.0 Å². The number of hydrogen-bond donors (Lipinski definition) is 1. The summed E-state index contributed by atoms with van der Waals surface area (Å²) in [6, 6.07) is 4.61. The summed E-state index contributed by atoms with van der Waals surface area (Å²) in [7, 11) is 0. The molecule has 1 aliphatic rings. The summed E-state index contributed by atoms with van der Waals surface area (Å²) >= 11 is 3.45. The Hall–Kier alpha value is -1.43. The van der Waals surface area contributed by atoms with Crippen molar-refractivity contribution in [3.05, 3.63) is 39.4 Å². The second kappa shape index (κ2) is 5.91. The Morgan fingerprint density at radius 1 is 1.45 bits per heavy atom. The van der Waals surface area contributed by atoms with E-state index in [0.29, 0.717) is 5.33 Å². The predicted molar refractivity (Wildman–Crippen MR) is 80.3 cm³/mol. The molecular formula is C14H17BrN2O3. The minimum Gasteiger partial charge on any atom is -0.346 e. The highest BCUT2D eigenvalue weighted by Crippen LogP contribution is 2.32. The van der Waals surface area contributed by atoms with Crippen LogP contribution < -0.4 is 5.32 Å². The SMILES string of the molecule is Cc1ccc([N+](=O)[O-])c(C(=O)NC2(CBr)CCCC2)c1. The lowest BCUT2D eigenvalue weighted by Gasteiger charge is -2.28. The normalized spacial score (nSPS) is 16.9. The Kier molecular flexibility index (Phi) is 4.42. The largest absolute Gasteiger partial charge is 0.346 e. The number of nitro benzene ring substituents is 1. The molecule has 0 saturated heterocycles. The second-order valence-electron chi connectivity index (χ2n) is 5.35. The zero-order valence-corrected chi connectivity index (χ0v) is 12.9. The van der Waals surface area contributed by atoms with Gasteiger partial charge in [0.2, 0.25) is 0 Å². The molecule has 0 aromatic heterocycles. The molecule has 0 radical (unpaired) electrons. The van der Waals surface area contributed by atoms with Gasteiger partial charge >= 0.3 is 0 Å². The van der Waals surface area contributed by atoms with Gasteiger partial charge in [-0.2, -0.15) is 0 Å². The molecule has 1 N–H and O–H groups in total. The van der Waals surface area contributed by atoms with Gasteiger partial charge in [-0.25, -0.2) is 0 Å². The second-order valence-corrected chi connectivity index (χ2v) is 5.91. The first-order valence-corrected chi connectivity index (χ1v) is 7.73. The molecular weight excluding hydrogens is 324 g/mol. The molecule has 6 heteroatoms. The topological polar surface area (TPSA) is 72.2 Å². The van der Waals surface area contributed by atoms with Crippen LogP contribution in [-0.2, 0) is 0 Å². The maximum Gasteiger partial charge on any atom is 0.282 e. The van der Waals surface area contributed by atoms with Gasteiger partial charge in [0, 0.05) is 11.4 Å². The number of halogens is 1. The first-order valence-electron chi connectivity index (χ1n) is 6.61. The van der Waals surface area contributed by atoms with Crippen LogP contribution in [0.2, 0.25) is 0 Å². The molecule has 1 fully saturated rings. The third-order valence-corrected chi connectivity index (χ3v) is 4.86. The third kappa shape index (κ3) is 3.00. The number of amides is 1. The number of carbonyl (C=O) groups is 1. The van der Waals surface area contributed by atoms with E-state index in [0.717, 1.165) is 31.2 Å². The number of nitro groups is 1. The highest BCUT2D eigenvalue weighted by atomic mass is 79.9. The molecule has 5 nitrogen and oxygen atoms in total. The van der Waals surface area contributed by atoms with Crippen LogP contribution in [0.4, 0.5) is 5.69 Å². The van der Waals surface area contributed by atoms with Crippen molar-refractivity contribution in [2.24, 2.45) is 0 Å². The summed E-state index contributed by atoms with van der Waals surface area (Å²) in [6.07, 6.45) is 3.96. The molecule has 0 unspecified atom stereocenters. The molecule has 0 bridgehead atoms. The van der Waals surface area contributed by atoms with Crippen LogP contribution in [0.5, 0.6) is 0 Å². The van der Waals surface area contributed by atoms with Crippen LogP contribution in [0.15, 0.2) is 18.2 Å². The number of nitrogens with one attached hydrogen (secondary N) is 1. The summed E-state index contributed by atoms with van der Waals surface area (Å²) in [5.74, 6) is -0.359. The highest BCUT2D eigenvalue weighted by Gasteiger charge is 2.35. The van der Waals surface area contributed by atoms with E-state index in [1.807, 2.05) is 6.92 Å². The Morgan fingerprint density at radius 2 is 2.10 bits per heavy atom. The van der Waals surface area contributed by atoms with Crippen molar-refractivity contribution in [3.63, 3.8) is 0 Å². The van der Waals surface area contributed by atoms with Gasteiger partial charge in [0.1, 0.15) is 5.56 Å². The average Bonchev–Trinajstić information content (AvgIpc) is 2.87. The Morgan fingerprint density at radius 3 is 2.65 bits per heavy atom. The van der Waals surface area contributed by atoms with E-state index in [4.69, 9.17) is 0 Å². The number of aryl methyl sites for hydroxylation is 1. The number of hydrogen-bond acceptors (Lipinski definition) is 3. The summed E-state index contributed by atoms with van der Waals surface area (Å²) in [6.45, 7) is 1.82. The van der Waals surface area contributed by atoms with E-state index in [1.54, 1.807) is 12.1 Å². The van der Waals surface area contributed by atoms with Crippen molar-refractivity contribution in [2.45, 2.75) is 38.1 Å². The van der Waals surface area contributed by atoms with Gasteiger partial charge in [-0.1, -0.05) is 34.8 Å². The first-order chi connectivity index (χ1) is 9.47. The van der Waals surface area contributed by atoms with Gasteiger partial charge in [0.15, 0.2) is 0 Å². The van der Waals surface area contributed by atoms with Gasteiger partial charge in [-0.05, 0) is 31.4 Å². The quantitative estimate of drug-likeness (QED) is 0.519. The molecule has 1 aromatic carbocycles. The number of alkyl halides is 1. The van der Waals surface area contributed by atoms with Gasteiger partial charge in [-0.15, -0.1) is 0 Å². The molecule has 2 rings (SSSR count). The van der Waals surface area contributed by atoms with E-state index >= 15 is 0 Å². The maximum absolute atomic E-state index is 12.4. The Labute approximate surface area is 126 Å². The summed E-state index contributed by atoms with van der Waals surface area (Å²) in [4.78, 5) is 22.9. The van der Waals surface area contributed by atoms with Crippen LogP contribution >= 0.6 is 15.9 Å². The molecule has 0 atom stereocenters. The van der Waals surface area contributed by atoms with Crippen LogP contribution in [-0.4, -0.2) is 21.7 Å². The van der Waals surface area contributed by atoms with Crippen molar-refractivity contribution in [1.29, 1.82) is 0 Å². The van der Waals surface area contributed by atoms with Crippen molar-refractivity contribution in [1.82, 2.24) is 5.32 Å². The van der Waals surface area contributed by atoms with E-state index in [2.05, 4.69) is 21.2 Å². The zero-order chi connectivity index (χ0) is 14.8. The average molecular weight is 341 g/mol. The molecule has 20 heavy (non-hydrogen) atoms. The van der Waals surface area contributed by atoms with Gasteiger partial charge in [-0.3, -0.25) is 14.9 Å². The molecule has 1 aromatic rings. The number of benzene rings is 1. The minimum absolute atomic E-state index is 0.141. The fraction of sp³-hybridized carbons (Fsp3) is 0.500.